The molecule has 0 aliphatic rings. The predicted molar refractivity (Wildman–Crippen MR) is 107 cm³/mol. The standard InChI is InChI=1S/C18H23N5O4S/c1-10-22-11(8-28-10)7-27-12-4-5-14(19)13(6-12)15(21-3)16(25)23-18(2,9-24)17(20)26/h4-6,8,24H,7,9,19H2,1-3H3,(H2,20,26)(H,23,25). The second-order valence-electron chi connectivity index (χ2n) is 6.28. The van der Waals surface area contributed by atoms with Crippen LogP contribution in [0.5, 0.6) is 5.75 Å². The number of benzene rings is 1. The molecule has 1 aromatic heterocycles. The third kappa shape index (κ3) is 4.84. The molecule has 0 saturated heterocycles. The van der Waals surface area contributed by atoms with E-state index in [2.05, 4.69) is 15.3 Å². The SMILES string of the molecule is CN=C(C(=O)NC(C)(CO)C(N)=O)c1cc(OCc2csc(C)n2)ccc1N. The first kappa shape index (κ1) is 21.3. The maximum Gasteiger partial charge on any atom is 0.271 e. The van der Waals surface area contributed by atoms with Crippen LogP contribution in [0.25, 0.3) is 0 Å². The Morgan fingerprint density at radius 2 is 2.14 bits per heavy atom. The van der Waals surface area contributed by atoms with E-state index in [0.717, 1.165) is 10.7 Å². The molecule has 28 heavy (non-hydrogen) atoms. The van der Waals surface area contributed by atoms with Gasteiger partial charge in [-0.1, -0.05) is 0 Å². The van der Waals surface area contributed by atoms with Crippen molar-refractivity contribution in [2.75, 3.05) is 19.4 Å². The Morgan fingerprint density at radius 3 is 2.68 bits per heavy atom. The minimum atomic E-state index is -1.63. The Morgan fingerprint density at radius 1 is 1.43 bits per heavy atom. The summed E-state index contributed by atoms with van der Waals surface area (Å²) in [6, 6.07) is 4.84. The number of nitrogens with two attached hydrogens (primary N) is 2. The highest BCUT2D eigenvalue weighted by Crippen LogP contribution is 2.22. The number of amides is 2. The molecule has 9 nitrogen and oxygen atoms in total. The van der Waals surface area contributed by atoms with E-state index in [1.807, 2.05) is 12.3 Å². The number of carbonyl (C=O) groups excluding carboxylic acids is 2. The van der Waals surface area contributed by atoms with Crippen molar-refractivity contribution in [1.29, 1.82) is 0 Å². The van der Waals surface area contributed by atoms with E-state index < -0.39 is 24.0 Å². The molecule has 150 valence electrons. The van der Waals surface area contributed by atoms with Crippen molar-refractivity contribution < 1.29 is 19.4 Å². The first-order valence-corrected chi connectivity index (χ1v) is 9.22. The quantitative estimate of drug-likeness (QED) is 0.368. The number of thiazole rings is 1. The van der Waals surface area contributed by atoms with Gasteiger partial charge in [-0.05, 0) is 32.0 Å². The lowest BCUT2D eigenvalue weighted by atomic mass is 10.0. The highest BCUT2D eigenvalue weighted by molar-refractivity contribution is 7.09. The molecule has 0 saturated carbocycles. The van der Waals surface area contributed by atoms with E-state index in [1.54, 1.807) is 18.2 Å². The van der Waals surface area contributed by atoms with Gasteiger partial charge in [0.05, 0.1) is 17.3 Å². The maximum atomic E-state index is 12.6. The molecular weight excluding hydrogens is 382 g/mol. The zero-order valence-corrected chi connectivity index (χ0v) is 16.7. The Hall–Kier alpha value is -2.98. The van der Waals surface area contributed by atoms with E-state index in [4.69, 9.17) is 16.2 Å². The van der Waals surface area contributed by atoms with Crippen LogP contribution in [0.1, 0.15) is 23.2 Å². The number of aliphatic hydroxyl groups is 1. The van der Waals surface area contributed by atoms with E-state index >= 15 is 0 Å². The summed E-state index contributed by atoms with van der Waals surface area (Å²) in [5, 5.41) is 14.6. The predicted octanol–water partition coefficient (Wildman–Crippen LogP) is 0.384. The molecule has 2 aromatic rings. The van der Waals surface area contributed by atoms with Gasteiger partial charge < -0.3 is 26.6 Å². The molecule has 1 atom stereocenters. The van der Waals surface area contributed by atoms with E-state index in [9.17, 15) is 14.7 Å². The fraction of sp³-hybridized carbons (Fsp3) is 0.333. The zero-order valence-electron chi connectivity index (χ0n) is 15.9. The van der Waals surface area contributed by atoms with E-state index in [1.165, 1.54) is 25.3 Å². The number of rotatable bonds is 8. The molecule has 0 spiro atoms. The molecule has 10 heteroatoms. The fourth-order valence-corrected chi connectivity index (χ4v) is 2.89. The van der Waals surface area contributed by atoms with Gasteiger partial charge in [-0.2, -0.15) is 0 Å². The van der Waals surface area contributed by atoms with Crippen LogP contribution in [-0.4, -0.2) is 46.8 Å². The zero-order chi connectivity index (χ0) is 20.9. The molecule has 1 aromatic carbocycles. The minimum Gasteiger partial charge on any atom is -0.487 e. The van der Waals surface area contributed by atoms with Gasteiger partial charge >= 0.3 is 0 Å². The first-order chi connectivity index (χ1) is 13.2. The van der Waals surface area contributed by atoms with Gasteiger partial charge in [0.15, 0.2) is 0 Å². The summed E-state index contributed by atoms with van der Waals surface area (Å²) < 4.78 is 5.72. The number of nitrogen functional groups attached to an aromatic ring is 1. The van der Waals surface area contributed by atoms with Gasteiger partial charge in [-0.25, -0.2) is 4.98 Å². The van der Waals surface area contributed by atoms with Crippen LogP contribution < -0.4 is 21.5 Å². The lowest BCUT2D eigenvalue weighted by Crippen LogP contribution is -2.59. The molecule has 0 radical (unpaired) electrons. The lowest BCUT2D eigenvalue weighted by Gasteiger charge is -2.25. The number of hydrogen-bond acceptors (Lipinski definition) is 8. The van der Waals surface area contributed by atoms with Crippen LogP contribution in [-0.2, 0) is 16.2 Å². The number of aliphatic hydroxyl groups excluding tert-OH is 1. The third-order valence-corrected chi connectivity index (χ3v) is 4.84. The number of aliphatic imine (C=N–C) groups is 1. The Balaban J connectivity index is 2.23. The molecule has 0 aliphatic heterocycles. The summed E-state index contributed by atoms with van der Waals surface area (Å²) in [7, 11) is 1.42. The van der Waals surface area contributed by atoms with Crippen molar-refractivity contribution in [2.24, 2.45) is 10.7 Å². The second kappa shape index (κ2) is 8.81. The van der Waals surface area contributed by atoms with Gasteiger partial charge in [0.25, 0.3) is 5.91 Å². The molecule has 0 aliphatic carbocycles. The number of hydrogen-bond donors (Lipinski definition) is 4. The minimum absolute atomic E-state index is 0.0200. The third-order valence-electron chi connectivity index (χ3n) is 4.02. The molecular formula is C18H23N5O4S. The molecule has 2 rings (SSSR count). The van der Waals surface area contributed by atoms with E-state index in [0.29, 0.717) is 17.0 Å². The van der Waals surface area contributed by atoms with Crippen molar-refractivity contribution in [2.45, 2.75) is 26.0 Å². The van der Waals surface area contributed by atoms with Gasteiger partial charge in [-0.3, -0.25) is 14.6 Å². The van der Waals surface area contributed by atoms with E-state index in [-0.39, 0.29) is 12.3 Å². The summed E-state index contributed by atoms with van der Waals surface area (Å²) in [6.45, 7) is 2.84. The number of anilines is 1. The summed E-state index contributed by atoms with van der Waals surface area (Å²) in [5.74, 6) is -1.09. The number of ether oxygens (including phenoxy) is 1. The average molecular weight is 405 g/mol. The number of aromatic nitrogens is 1. The molecule has 0 bridgehead atoms. The van der Waals surface area contributed by atoms with Crippen molar-refractivity contribution >= 4 is 34.6 Å². The Labute approximate surface area is 166 Å². The monoisotopic (exact) mass is 405 g/mol. The Kier molecular flexibility index (Phi) is 6.71. The Bertz CT molecular complexity index is 911. The van der Waals surface area contributed by atoms with Crippen molar-refractivity contribution in [3.8, 4) is 5.75 Å². The topological polar surface area (TPSA) is 153 Å². The van der Waals surface area contributed by atoms with Crippen LogP contribution in [0.4, 0.5) is 5.69 Å². The molecule has 2 amide bonds. The molecule has 1 heterocycles. The van der Waals surface area contributed by atoms with Crippen molar-refractivity contribution in [1.82, 2.24) is 10.3 Å². The first-order valence-electron chi connectivity index (χ1n) is 8.34. The van der Waals surface area contributed by atoms with Crippen LogP contribution in [0, 0.1) is 6.92 Å². The van der Waals surface area contributed by atoms with Gasteiger partial charge in [0.2, 0.25) is 5.91 Å². The van der Waals surface area contributed by atoms with Crippen LogP contribution in [0.15, 0.2) is 28.6 Å². The summed E-state index contributed by atoms with van der Waals surface area (Å²) in [6.07, 6.45) is 0. The lowest BCUT2D eigenvalue weighted by molar-refractivity contribution is -0.129. The second-order valence-corrected chi connectivity index (χ2v) is 7.34. The van der Waals surface area contributed by atoms with Gasteiger partial charge in [0.1, 0.15) is 23.6 Å². The van der Waals surface area contributed by atoms with Gasteiger partial charge in [-0.15, -0.1) is 11.3 Å². The number of nitrogens with zero attached hydrogens (tertiary/aromatic N) is 2. The van der Waals surface area contributed by atoms with Crippen LogP contribution in [0.2, 0.25) is 0 Å². The smallest absolute Gasteiger partial charge is 0.271 e. The number of carbonyl (C=O) groups is 2. The molecule has 0 fully saturated rings. The van der Waals surface area contributed by atoms with Crippen molar-refractivity contribution in [3.05, 3.63) is 39.8 Å². The highest BCUT2D eigenvalue weighted by Gasteiger charge is 2.34. The van der Waals surface area contributed by atoms with Crippen LogP contribution >= 0.6 is 11.3 Å². The highest BCUT2D eigenvalue weighted by atomic mass is 32.1. The maximum absolute atomic E-state index is 12.6. The largest absolute Gasteiger partial charge is 0.487 e. The number of aryl methyl sites for hydroxylation is 1. The average Bonchev–Trinajstić information content (AvgIpc) is 3.07. The number of nitrogens with one attached hydrogen (secondary N) is 1. The fourth-order valence-electron chi connectivity index (χ4n) is 2.30. The van der Waals surface area contributed by atoms with Crippen LogP contribution in [0.3, 0.4) is 0 Å². The summed E-state index contributed by atoms with van der Waals surface area (Å²) >= 11 is 1.53. The van der Waals surface area contributed by atoms with Gasteiger partial charge in [0, 0.05) is 23.7 Å². The normalized spacial score (nSPS) is 13.6. The number of primary amides is 1. The molecule has 6 N–H and O–H groups in total. The summed E-state index contributed by atoms with van der Waals surface area (Å²) in [5.41, 5.74) is 11.0. The van der Waals surface area contributed by atoms with Crippen molar-refractivity contribution in [3.63, 3.8) is 0 Å². The molecule has 1 unspecified atom stereocenters. The summed E-state index contributed by atoms with van der Waals surface area (Å²) in [4.78, 5) is 32.5.